The van der Waals surface area contributed by atoms with Gasteiger partial charge in [0.25, 0.3) is 0 Å². The monoisotopic (exact) mass is 262 g/mol. The van der Waals surface area contributed by atoms with Crippen molar-refractivity contribution in [3.05, 3.63) is 0 Å². The summed E-state index contributed by atoms with van der Waals surface area (Å²) in [6.45, 7) is 2.92. The number of hydrogen-bond acceptors (Lipinski definition) is 3. The van der Waals surface area contributed by atoms with E-state index < -0.39 is 0 Å². The zero-order chi connectivity index (χ0) is 11.6. The van der Waals surface area contributed by atoms with Gasteiger partial charge in [0.1, 0.15) is 0 Å². The molecule has 0 aromatic carbocycles. The summed E-state index contributed by atoms with van der Waals surface area (Å²) in [5, 5.41) is 15.8. The molecule has 2 fully saturated rings. The Morgan fingerprint density at radius 1 is 1.35 bits per heavy atom. The Kier molecular flexibility index (Phi) is 5.22. The number of carbonyl (C=O) groups excluding carboxylic acids is 1. The van der Waals surface area contributed by atoms with Crippen LogP contribution in [0, 0.1) is 0 Å². The minimum Gasteiger partial charge on any atom is -0.393 e. The van der Waals surface area contributed by atoms with Gasteiger partial charge in [-0.1, -0.05) is 0 Å². The van der Waals surface area contributed by atoms with E-state index in [0.29, 0.717) is 0 Å². The van der Waals surface area contributed by atoms with Crippen LogP contribution >= 0.6 is 12.4 Å². The number of halogens is 1. The lowest BCUT2D eigenvalue weighted by atomic mass is 9.91. The maximum absolute atomic E-state index is 12.1. The number of hydrogen-bond donors (Lipinski definition) is 3. The summed E-state index contributed by atoms with van der Waals surface area (Å²) in [5.41, 5.74) is -0.365. The molecule has 1 aliphatic carbocycles. The fourth-order valence-corrected chi connectivity index (χ4v) is 2.65. The highest BCUT2D eigenvalue weighted by atomic mass is 35.5. The van der Waals surface area contributed by atoms with E-state index in [1.165, 1.54) is 0 Å². The molecule has 1 aliphatic heterocycles. The lowest BCUT2D eigenvalue weighted by Gasteiger charge is -2.30. The minimum absolute atomic E-state index is 0. The van der Waals surface area contributed by atoms with Gasteiger partial charge in [-0.05, 0) is 52.0 Å². The van der Waals surface area contributed by atoms with E-state index in [-0.39, 0.29) is 36.0 Å². The van der Waals surface area contributed by atoms with Crippen molar-refractivity contribution in [3.8, 4) is 0 Å². The number of aliphatic hydroxyl groups excluding tert-OH is 1. The molecular formula is C12H23ClN2O2. The summed E-state index contributed by atoms with van der Waals surface area (Å²) >= 11 is 0. The maximum Gasteiger partial charge on any atom is 0.240 e. The Morgan fingerprint density at radius 3 is 2.53 bits per heavy atom. The maximum atomic E-state index is 12.1. The van der Waals surface area contributed by atoms with Gasteiger partial charge < -0.3 is 15.7 Å². The molecule has 0 radical (unpaired) electrons. The highest BCUT2D eigenvalue weighted by Gasteiger charge is 2.37. The summed E-state index contributed by atoms with van der Waals surface area (Å²) < 4.78 is 0. The molecular weight excluding hydrogens is 240 g/mol. The average Bonchev–Trinajstić information content (AvgIpc) is 2.70. The molecule has 1 saturated carbocycles. The Balaban J connectivity index is 0.00000144. The Bertz CT molecular complexity index is 259. The molecule has 0 aromatic rings. The van der Waals surface area contributed by atoms with Crippen molar-refractivity contribution in [3.63, 3.8) is 0 Å². The van der Waals surface area contributed by atoms with Crippen LogP contribution in [0.3, 0.4) is 0 Å². The van der Waals surface area contributed by atoms with E-state index in [2.05, 4.69) is 10.6 Å². The van der Waals surface area contributed by atoms with Crippen LogP contribution in [0.5, 0.6) is 0 Å². The van der Waals surface area contributed by atoms with Gasteiger partial charge in [0.2, 0.25) is 5.91 Å². The van der Waals surface area contributed by atoms with Crippen molar-refractivity contribution in [1.82, 2.24) is 10.6 Å². The molecule has 17 heavy (non-hydrogen) atoms. The Morgan fingerprint density at radius 2 is 2.00 bits per heavy atom. The van der Waals surface area contributed by atoms with Crippen molar-refractivity contribution >= 4 is 18.3 Å². The molecule has 2 aliphatic rings. The first kappa shape index (κ1) is 14.7. The van der Waals surface area contributed by atoms with Gasteiger partial charge in [-0.3, -0.25) is 4.79 Å². The molecule has 1 atom stereocenters. The molecule has 0 bridgehead atoms. The summed E-state index contributed by atoms with van der Waals surface area (Å²) in [4.78, 5) is 12.1. The molecule has 1 unspecified atom stereocenters. The van der Waals surface area contributed by atoms with Crippen LogP contribution in [0.2, 0.25) is 0 Å². The second-order valence-corrected chi connectivity index (χ2v) is 5.34. The van der Waals surface area contributed by atoms with Gasteiger partial charge in [-0.15, -0.1) is 12.4 Å². The first-order valence-corrected chi connectivity index (χ1v) is 6.34. The third-order valence-corrected chi connectivity index (χ3v) is 3.90. The summed E-state index contributed by atoms with van der Waals surface area (Å²) in [5.74, 6) is 0.131. The summed E-state index contributed by atoms with van der Waals surface area (Å²) in [6.07, 6.45) is 5.28. The molecule has 0 aromatic heterocycles. The second-order valence-electron chi connectivity index (χ2n) is 5.34. The zero-order valence-corrected chi connectivity index (χ0v) is 11.2. The van der Waals surface area contributed by atoms with Gasteiger partial charge >= 0.3 is 0 Å². The van der Waals surface area contributed by atoms with E-state index in [9.17, 15) is 9.90 Å². The SMILES string of the molecule is CC1(C(=O)NC2CCC(O)CC2)CCCN1.Cl. The molecule has 3 N–H and O–H groups in total. The van der Waals surface area contributed by atoms with Gasteiger partial charge in [-0.25, -0.2) is 0 Å². The van der Waals surface area contributed by atoms with Gasteiger partial charge in [0.15, 0.2) is 0 Å². The normalized spacial score (nSPS) is 37.3. The summed E-state index contributed by atoms with van der Waals surface area (Å²) in [7, 11) is 0. The number of rotatable bonds is 2. The second kappa shape index (κ2) is 6.03. The highest BCUT2D eigenvalue weighted by molar-refractivity contribution is 5.86. The molecule has 5 heteroatoms. The topological polar surface area (TPSA) is 61.4 Å². The van der Waals surface area contributed by atoms with Gasteiger partial charge in [-0.2, -0.15) is 0 Å². The number of amides is 1. The van der Waals surface area contributed by atoms with Crippen LogP contribution in [0.25, 0.3) is 0 Å². The molecule has 0 spiro atoms. The predicted molar refractivity (Wildman–Crippen MR) is 69.3 cm³/mol. The van der Waals surface area contributed by atoms with Crippen LogP contribution < -0.4 is 10.6 Å². The van der Waals surface area contributed by atoms with E-state index in [1.54, 1.807) is 0 Å². The fourth-order valence-electron chi connectivity index (χ4n) is 2.65. The predicted octanol–water partition coefficient (Wildman–Crippen LogP) is 0.970. The van der Waals surface area contributed by atoms with Crippen molar-refractivity contribution in [2.24, 2.45) is 0 Å². The standard InChI is InChI=1S/C12H22N2O2.ClH/c1-12(7-2-8-13-12)11(16)14-9-3-5-10(15)6-4-9;/h9-10,13,15H,2-8H2,1H3,(H,14,16);1H. The van der Waals surface area contributed by atoms with Gasteiger partial charge in [0, 0.05) is 6.04 Å². The van der Waals surface area contributed by atoms with E-state index in [0.717, 1.165) is 45.1 Å². The zero-order valence-electron chi connectivity index (χ0n) is 10.4. The van der Waals surface area contributed by atoms with E-state index in [1.807, 2.05) is 6.92 Å². The van der Waals surface area contributed by atoms with Crippen LogP contribution in [0.15, 0.2) is 0 Å². The van der Waals surface area contributed by atoms with E-state index >= 15 is 0 Å². The molecule has 4 nitrogen and oxygen atoms in total. The van der Waals surface area contributed by atoms with Gasteiger partial charge in [0.05, 0.1) is 11.6 Å². The van der Waals surface area contributed by atoms with Crippen LogP contribution in [-0.4, -0.2) is 35.2 Å². The quantitative estimate of drug-likeness (QED) is 0.695. The third kappa shape index (κ3) is 3.57. The lowest BCUT2D eigenvalue weighted by molar-refractivity contribution is -0.127. The average molecular weight is 263 g/mol. The first-order valence-electron chi connectivity index (χ1n) is 6.34. The van der Waals surface area contributed by atoms with Crippen LogP contribution in [0.1, 0.15) is 45.4 Å². The number of carbonyl (C=O) groups is 1. The van der Waals surface area contributed by atoms with Crippen LogP contribution in [-0.2, 0) is 4.79 Å². The largest absolute Gasteiger partial charge is 0.393 e. The minimum atomic E-state index is -0.365. The fraction of sp³-hybridized carbons (Fsp3) is 0.917. The lowest BCUT2D eigenvalue weighted by Crippen LogP contribution is -2.54. The molecule has 1 amide bonds. The molecule has 2 rings (SSSR count). The van der Waals surface area contributed by atoms with Crippen LogP contribution in [0.4, 0.5) is 0 Å². The third-order valence-electron chi connectivity index (χ3n) is 3.90. The highest BCUT2D eigenvalue weighted by Crippen LogP contribution is 2.22. The Hall–Kier alpha value is -0.320. The smallest absolute Gasteiger partial charge is 0.240 e. The first-order chi connectivity index (χ1) is 7.60. The number of aliphatic hydroxyl groups is 1. The van der Waals surface area contributed by atoms with Crippen molar-refractivity contribution < 1.29 is 9.90 Å². The molecule has 1 saturated heterocycles. The van der Waals surface area contributed by atoms with E-state index in [4.69, 9.17) is 0 Å². The number of nitrogens with one attached hydrogen (secondary N) is 2. The molecule has 100 valence electrons. The Labute approximate surface area is 109 Å². The van der Waals surface area contributed by atoms with Crippen molar-refractivity contribution in [2.45, 2.75) is 63.1 Å². The summed E-state index contributed by atoms with van der Waals surface area (Å²) in [6, 6.07) is 0.259. The van der Waals surface area contributed by atoms with Crippen molar-refractivity contribution in [1.29, 1.82) is 0 Å². The van der Waals surface area contributed by atoms with Crippen molar-refractivity contribution in [2.75, 3.05) is 6.54 Å². The molecule has 1 heterocycles.